The number of aromatic amines is 1. The third-order valence-corrected chi connectivity index (χ3v) is 1.01. The van der Waals surface area contributed by atoms with Gasteiger partial charge in [0.1, 0.15) is 5.82 Å². The number of H-pyrrole nitrogens is 1. The summed E-state index contributed by atoms with van der Waals surface area (Å²) < 4.78 is 0. The Morgan fingerprint density at radius 2 is 2.62 bits per heavy atom. The average molecular weight is 130 g/mol. The number of aliphatic hydroxyl groups excluding tert-OH is 1. The standard InChI is InChI=1S/C4H6N2OS/c7-4(8)3-5-1-2-6-3/h1-2,4,7-8H,(H,5,6). The van der Waals surface area contributed by atoms with Crippen molar-refractivity contribution >= 4 is 12.6 Å². The second-order valence-corrected chi connectivity index (χ2v) is 1.84. The number of nitrogens with one attached hydrogen (secondary N) is 1. The summed E-state index contributed by atoms with van der Waals surface area (Å²) in [7, 11) is 0. The van der Waals surface area contributed by atoms with E-state index in [4.69, 9.17) is 5.11 Å². The zero-order valence-electron chi connectivity index (χ0n) is 4.07. The second-order valence-electron chi connectivity index (χ2n) is 1.35. The lowest BCUT2D eigenvalue weighted by Crippen LogP contribution is -1.88. The lowest BCUT2D eigenvalue weighted by molar-refractivity contribution is 0.263. The fourth-order valence-electron chi connectivity index (χ4n) is 0.419. The molecule has 4 heteroatoms. The lowest BCUT2D eigenvalue weighted by atomic mass is 10.7. The van der Waals surface area contributed by atoms with E-state index in [0.29, 0.717) is 5.82 Å². The molecule has 1 aromatic heterocycles. The van der Waals surface area contributed by atoms with Gasteiger partial charge in [-0.25, -0.2) is 4.98 Å². The van der Waals surface area contributed by atoms with Gasteiger partial charge in [0.05, 0.1) is 0 Å². The summed E-state index contributed by atoms with van der Waals surface area (Å²) in [5.74, 6) is 0.480. The number of imidazole rings is 1. The Bertz CT molecular complexity index is 149. The van der Waals surface area contributed by atoms with Crippen molar-refractivity contribution in [2.45, 2.75) is 5.44 Å². The van der Waals surface area contributed by atoms with Gasteiger partial charge in [-0.2, -0.15) is 0 Å². The molecule has 0 aliphatic carbocycles. The van der Waals surface area contributed by atoms with Gasteiger partial charge in [-0.05, 0) is 0 Å². The van der Waals surface area contributed by atoms with E-state index < -0.39 is 5.44 Å². The molecule has 0 bridgehead atoms. The third kappa shape index (κ3) is 1.02. The van der Waals surface area contributed by atoms with Crippen LogP contribution >= 0.6 is 12.6 Å². The highest BCUT2D eigenvalue weighted by atomic mass is 32.1. The molecule has 1 atom stereocenters. The maximum Gasteiger partial charge on any atom is 0.154 e. The number of nitrogens with zero attached hydrogens (tertiary/aromatic N) is 1. The van der Waals surface area contributed by atoms with Crippen LogP contribution in [-0.2, 0) is 0 Å². The van der Waals surface area contributed by atoms with Crippen molar-refractivity contribution in [3.05, 3.63) is 18.2 Å². The van der Waals surface area contributed by atoms with Crippen molar-refractivity contribution in [2.24, 2.45) is 0 Å². The van der Waals surface area contributed by atoms with Crippen LogP contribution in [0.1, 0.15) is 11.3 Å². The van der Waals surface area contributed by atoms with Gasteiger partial charge in [0.25, 0.3) is 0 Å². The molecular weight excluding hydrogens is 124 g/mol. The van der Waals surface area contributed by atoms with Gasteiger partial charge in [-0.1, -0.05) is 0 Å². The van der Waals surface area contributed by atoms with Crippen molar-refractivity contribution in [3.8, 4) is 0 Å². The topological polar surface area (TPSA) is 48.9 Å². The summed E-state index contributed by atoms with van der Waals surface area (Å²) >= 11 is 3.72. The number of thiol groups is 1. The van der Waals surface area contributed by atoms with Gasteiger partial charge < -0.3 is 10.1 Å². The lowest BCUT2D eigenvalue weighted by Gasteiger charge is -1.93. The van der Waals surface area contributed by atoms with E-state index in [0.717, 1.165) is 0 Å². The van der Waals surface area contributed by atoms with E-state index in [9.17, 15) is 0 Å². The molecule has 0 radical (unpaired) electrons. The molecule has 0 spiro atoms. The van der Waals surface area contributed by atoms with E-state index in [1.807, 2.05) is 0 Å². The molecular formula is C4H6N2OS. The zero-order valence-corrected chi connectivity index (χ0v) is 4.97. The summed E-state index contributed by atoms with van der Waals surface area (Å²) in [5.41, 5.74) is -0.787. The number of rotatable bonds is 1. The Balaban J connectivity index is 2.77. The smallest absolute Gasteiger partial charge is 0.154 e. The minimum absolute atomic E-state index is 0.480. The van der Waals surface area contributed by atoms with Crippen molar-refractivity contribution in [1.29, 1.82) is 0 Å². The Hall–Kier alpha value is -0.480. The number of aliphatic hydroxyl groups is 1. The number of aromatic nitrogens is 2. The molecule has 1 aromatic rings. The first kappa shape index (κ1) is 5.65. The number of hydrogen-bond donors (Lipinski definition) is 3. The van der Waals surface area contributed by atoms with Gasteiger partial charge in [0, 0.05) is 12.4 Å². The summed E-state index contributed by atoms with van der Waals surface area (Å²) in [6, 6.07) is 0. The van der Waals surface area contributed by atoms with Crippen LogP contribution in [0, 0.1) is 0 Å². The monoisotopic (exact) mass is 130 g/mol. The highest BCUT2D eigenvalue weighted by molar-refractivity contribution is 7.80. The van der Waals surface area contributed by atoms with Gasteiger partial charge in [-0.3, -0.25) is 0 Å². The molecule has 1 heterocycles. The van der Waals surface area contributed by atoms with E-state index in [2.05, 4.69) is 22.6 Å². The highest BCUT2D eigenvalue weighted by Gasteiger charge is 1.99. The van der Waals surface area contributed by atoms with Crippen molar-refractivity contribution in [2.75, 3.05) is 0 Å². The number of hydrogen-bond acceptors (Lipinski definition) is 3. The van der Waals surface area contributed by atoms with Crippen LogP contribution in [0.4, 0.5) is 0 Å². The minimum atomic E-state index is -0.787. The van der Waals surface area contributed by atoms with E-state index >= 15 is 0 Å². The average Bonchev–Trinajstić information content (AvgIpc) is 2.12. The predicted octanol–water partition coefficient (Wildman–Crippen LogP) is 0.330. The molecule has 1 rings (SSSR count). The van der Waals surface area contributed by atoms with Gasteiger partial charge in [0.15, 0.2) is 5.44 Å². The Morgan fingerprint density at radius 3 is 2.88 bits per heavy atom. The molecule has 0 fully saturated rings. The minimum Gasteiger partial charge on any atom is -0.375 e. The fraction of sp³-hybridized carbons (Fsp3) is 0.250. The SMILES string of the molecule is OC(S)c1ncc[nH]1. The fourth-order valence-corrected chi connectivity index (χ4v) is 0.560. The normalized spacial score (nSPS) is 13.8. The van der Waals surface area contributed by atoms with Crippen LogP contribution < -0.4 is 0 Å². The largest absolute Gasteiger partial charge is 0.375 e. The molecule has 1 unspecified atom stereocenters. The zero-order chi connectivity index (χ0) is 5.98. The highest BCUT2D eigenvalue weighted by Crippen LogP contribution is 2.08. The van der Waals surface area contributed by atoms with Crippen molar-refractivity contribution in [1.82, 2.24) is 9.97 Å². The summed E-state index contributed by atoms with van der Waals surface area (Å²) in [6.07, 6.45) is 3.20. The second kappa shape index (κ2) is 2.19. The van der Waals surface area contributed by atoms with Crippen molar-refractivity contribution in [3.63, 3.8) is 0 Å². The molecule has 0 saturated carbocycles. The molecule has 8 heavy (non-hydrogen) atoms. The third-order valence-electron chi connectivity index (χ3n) is 0.764. The maximum absolute atomic E-state index is 8.68. The molecule has 0 amide bonds. The molecule has 0 aliphatic heterocycles. The summed E-state index contributed by atoms with van der Waals surface area (Å²) in [4.78, 5) is 6.43. The maximum atomic E-state index is 8.68. The molecule has 2 N–H and O–H groups in total. The molecule has 0 saturated heterocycles. The van der Waals surface area contributed by atoms with Crippen LogP contribution in [0.5, 0.6) is 0 Å². The first-order valence-electron chi connectivity index (χ1n) is 2.16. The summed E-state index contributed by atoms with van der Waals surface area (Å²) in [6.45, 7) is 0. The quantitative estimate of drug-likeness (QED) is 0.379. The van der Waals surface area contributed by atoms with Gasteiger partial charge in [-0.15, -0.1) is 12.6 Å². The predicted molar refractivity (Wildman–Crippen MR) is 32.5 cm³/mol. The van der Waals surface area contributed by atoms with Crippen LogP contribution in [0.25, 0.3) is 0 Å². The van der Waals surface area contributed by atoms with Crippen LogP contribution in [-0.4, -0.2) is 15.1 Å². The molecule has 3 nitrogen and oxygen atoms in total. The van der Waals surface area contributed by atoms with Crippen LogP contribution in [0.2, 0.25) is 0 Å². The van der Waals surface area contributed by atoms with E-state index in [1.54, 1.807) is 12.4 Å². The Labute approximate surface area is 52.2 Å². The van der Waals surface area contributed by atoms with Crippen LogP contribution in [0.15, 0.2) is 12.4 Å². The van der Waals surface area contributed by atoms with Crippen LogP contribution in [0.3, 0.4) is 0 Å². The van der Waals surface area contributed by atoms with E-state index in [1.165, 1.54) is 0 Å². The Kier molecular flexibility index (Phi) is 1.55. The van der Waals surface area contributed by atoms with Crippen molar-refractivity contribution < 1.29 is 5.11 Å². The van der Waals surface area contributed by atoms with Gasteiger partial charge in [0.2, 0.25) is 0 Å². The van der Waals surface area contributed by atoms with E-state index in [-0.39, 0.29) is 0 Å². The first-order valence-corrected chi connectivity index (χ1v) is 2.68. The van der Waals surface area contributed by atoms with Gasteiger partial charge >= 0.3 is 0 Å². The Morgan fingerprint density at radius 1 is 1.88 bits per heavy atom. The first-order chi connectivity index (χ1) is 3.80. The summed E-state index contributed by atoms with van der Waals surface area (Å²) in [5, 5.41) is 8.68. The molecule has 0 aliphatic rings. The molecule has 44 valence electrons. The molecule has 0 aromatic carbocycles.